The average molecular weight is 496 g/mol. The lowest BCUT2D eigenvalue weighted by Gasteiger charge is -2.24. The van der Waals surface area contributed by atoms with Crippen molar-refractivity contribution in [2.75, 3.05) is 30.0 Å². The van der Waals surface area contributed by atoms with Crippen molar-refractivity contribution in [2.45, 2.75) is 6.04 Å². The highest BCUT2D eigenvalue weighted by molar-refractivity contribution is 7.90. The lowest BCUT2D eigenvalue weighted by Crippen LogP contribution is -2.35. The van der Waals surface area contributed by atoms with E-state index in [0.29, 0.717) is 34.3 Å². The van der Waals surface area contributed by atoms with Crippen LogP contribution in [0.15, 0.2) is 72.8 Å². The minimum atomic E-state index is -3.23. The number of nitrogens with zero attached hydrogens (tertiary/aromatic N) is 3. The van der Waals surface area contributed by atoms with Gasteiger partial charge in [-0.1, -0.05) is 35.9 Å². The van der Waals surface area contributed by atoms with Crippen molar-refractivity contribution in [1.82, 2.24) is 4.90 Å². The number of para-hydroxylation sites is 1. The number of ether oxygens (including phenoxy) is 1. The molecular formula is C25H22ClN3O4S. The number of hydrogen-bond acceptors (Lipinski definition) is 5. The molecule has 9 heteroatoms. The minimum Gasteiger partial charge on any atom is -0.456 e. The Morgan fingerprint density at radius 1 is 1.09 bits per heavy atom. The lowest BCUT2D eigenvalue weighted by atomic mass is 10.1. The van der Waals surface area contributed by atoms with Crippen LogP contribution in [0.4, 0.5) is 10.5 Å². The van der Waals surface area contributed by atoms with Gasteiger partial charge in [-0.25, -0.2) is 13.2 Å². The number of carbonyl (C=O) groups excluding carboxylic acids is 1. The molecule has 34 heavy (non-hydrogen) atoms. The van der Waals surface area contributed by atoms with E-state index in [1.54, 1.807) is 64.4 Å². The predicted molar refractivity (Wildman–Crippen MR) is 131 cm³/mol. The Bertz CT molecular complexity index is 1350. The van der Waals surface area contributed by atoms with Gasteiger partial charge in [-0.2, -0.15) is 5.26 Å². The Labute approximate surface area is 203 Å². The van der Waals surface area contributed by atoms with Gasteiger partial charge in [0.2, 0.25) is 0 Å². The van der Waals surface area contributed by atoms with Crippen LogP contribution in [0.2, 0.25) is 5.02 Å². The number of halogens is 1. The van der Waals surface area contributed by atoms with Gasteiger partial charge in [-0.15, -0.1) is 0 Å². The van der Waals surface area contributed by atoms with Gasteiger partial charge in [0.1, 0.15) is 27.4 Å². The van der Waals surface area contributed by atoms with E-state index in [0.717, 1.165) is 11.8 Å². The molecule has 4 rings (SSSR count). The van der Waals surface area contributed by atoms with Crippen LogP contribution >= 0.6 is 11.6 Å². The Kier molecular flexibility index (Phi) is 6.77. The number of urea groups is 1. The molecule has 3 aromatic carbocycles. The van der Waals surface area contributed by atoms with Crippen molar-refractivity contribution in [3.8, 4) is 17.6 Å². The van der Waals surface area contributed by atoms with E-state index in [-0.39, 0.29) is 24.4 Å². The quantitative estimate of drug-likeness (QED) is 0.458. The molecule has 1 saturated heterocycles. The molecule has 3 aromatic rings. The SMILES string of the molecule is CS(=O)(=O)CCN1CC(c2cccc(Oc3ccccc3C#N)c2)N(c2ccc(Cl)cc2)C1=O. The van der Waals surface area contributed by atoms with Crippen LogP contribution in [0.25, 0.3) is 0 Å². The van der Waals surface area contributed by atoms with Crippen molar-refractivity contribution in [2.24, 2.45) is 0 Å². The number of sulfone groups is 1. The highest BCUT2D eigenvalue weighted by Gasteiger charge is 2.39. The predicted octanol–water partition coefficient (Wildman–Crippen LogP) is 5.03. The molecule has 1 heterocycles. The number of benzene rings is 3. The van der Waals surface area contributed by atoms with Crippen LogP contribution in [0.3, 0.4) is 0 Å². The van der Waals surface area contributed by atoms with Crippen LogP contribution in [-0.4, -0.2) is 44.4 Å². The Balaban J connectivity index is 1.67. The summed E-state index contributed by atoms with van der Waals surface area (Å²) in [5.74, 6) is 0.848. The molecule has 0 spiro atoms. The van der Waals surface area contributed by atoms with Gasteiger partial charge >= 0.3 is 6.03 Å². The molecule has 1 fully saturated rings. The molecular weight excluding hydrogens is 474 g/mol. The van der Waals surface area contributed by atoms with Gasteiger partial charge in [-0.3, -0.25) is 4.90 Å². The van der Waals surface area contributed by atoms with Crippen LogP contribution in [0.1, 0.15) is 17.2 Å². The van der Waals surface area contributed by atoms with Crippen LogP contribution in [-0.2, 0) is 9.84 Å². The fraction of sp³-hybridized carbons (Fsp3) is 0.200. The van der Waals surface area contributed by atoms with Gasteiger partial charge < -0.3 is 9.64 Å². The molecule has 0 radical (unpaired) electrons. The van der Waals surface area contributed by atoms with Crippen LogP contribution < -0.4 is 9.64 Å². The van der Waals surface area contributed by atoms with Gasteiger partial charge in [0.15, 0.2) is 0 Å². The van der Waals surface area contributed by atoms with E-state index < -0.39 is 9.84 Å². The molecule has 2 amide bonds. The second kappa shape index (κ2) is 9.75. The maximum Gasteiger partial charge on any atom is 0.325 e. The van der Waals surface area contributed by atoms with Crippen molar-refractivity contribution in [3.63, 3.8) is 0 Å². The number of nitriles is 1. The van der Waals surface area contributed by atoms with Gasteiger partial charge in [0.05, 0.1) is 17.4 Å². The third-order valence-electron chi connectivity index (χ3n) is 5.50. The molecule has 0 aromatic heterocycles. The molecule has 1 atom stereocenters. The Morgan fingerprint density at radius 2 is 1.82 bits per heavy atom. The van der Waals surface area contributed by atoms with E-state index >= 15 is 0 Å². The zero-order valence-corrected chi connectivity index (χ0v) is 20.0. The summed E-state index contributed by atoms with van der Waals surface area (Å²) in [6.45, 7) is 0.416. The van der Waals surface area contributed by atoms with E-state index in [9.17, 15) is 18.5 Å². The van der Waals surface area contributed by atoms with Gasteiger partial charge in [0, 0.05) is 30.1 Å². The molecule has 174 valence electrons. The average Bonchev–Trinajstić information content (AvgIpc) is 3.14. The lowest BCUT2D eigenvalue weighted by molar-refractivity contribution is 0.223. The summed E-state index contributed by atoms with van der Waals surface area (Å²) in [6.07, 6.45) is 1.15. The van der Waals surface area contributed by atoms with Crippen molar-refractivity contribution >= 4 is 33.2 Å². The minimum absolute atomic E-state index is 0.101. The summed E-state index contributed by atoms with van der Waals surface area (Å²) in [4.78, 5) is 16.5. The highest BCUT2D eigenvalue weighted by Crippen LogP contribution is 2.37. The number of amides is 2. The molecule has 1 unspecified atom stereocenters. The largest absolute Gasteiger partial charge is 0.456 e. The third-order valence-corrected chi connectivity index (χ3v) is 6.67. The normalized spacial score (nSPS) is 15.9. The maximum atomic E-state index is 13.3. The van der Waals surface area contributed by atoms with Crippen molar-refractivity contribution < 1.29 is 17.9 Å². The summed E-state index contributed by atoms with van der Waals surface area (Å²) >= 11 is 6.04. The second-order valence-corrected chi connectivity index (χ2v) is 10.7. The van der Waals surface area contributed by atoms with E-state index in [1.165, 1.54) is 0 Å². The summed E-state index contributed by atoms with van der Waals surface area (Å²) in [5, 5.41) is 9.89. The first-order valence-corrected chi connectivity index (χ1v) is 13.0. The molecule has 0 saturated carbocycles. The molecule has 7 nitrogen and oxygen atoms in total. The molecule has 0 bridgehead atoms. The first-order valence-electron chi connectivity index (χ1n) is 10.5. The Morgan fingerprint density at radius 3 is 2.53 bits per heavy atom. The molecule has 1 aliphatic heterocycles. The standard InChI is InChI=1S/C25H22ClN3O4S/c1-34(31,32)14-13-28-17-23(29(25(28)30)21-11-9-20(26)10-12-21)18-6-4-7-22(15-18)33-24-8-3-2-5-19(24)16-27/h2-12,15,23H,13-14,17H2,1H3. The zero-order valence-electron chi connectivity index (χ0n) is 18.4. The second-order valence-electron chi connectivity index (χ2n) is 8.00. The fourth-order valence-corrected chi connectivity index (χ4v) is 4.50. The third kappa shape index (κ3) is 5.33. The summed E-state index contributed by atoms with van der Waals surface area (Å²) in [6, 6.07) is 22.7. The first-order chi connectivity index (χ1) is 16.2. The Hall–Kier alpha value is -3.54. The number of carbonyl (C=O) groups is 1. The van der Waals surface area contributed by atoms with E-state index in [2.05, 4.69) is 6.07 Å². The number of rotatable bonds is 7. The summed E-state index contributed by atoms with van der Waals surface area (Å²) < 4.78 is 29.4. The van der Waals surface area contributed by atoms with E-state index in [4.69, 9.17) is 16.3 Å². The highest BCUT2D eigenvalue weighted by atomic mass is 35.5. The first kappa shape index (κ1) is 23.6. The monoisotopic (exact) mass is 495 g/mol. The van der Waals surface area contributed by atoms with Gasteiger partial charge in [-0.05, 0) is 54.1 Å². The molecule has 0 aliphatic carbocycles. The summed E-state index contributed by atoms with van der Waals surface area (Å²) in [5.41, 5.74) is 1.89. The fourth-order valence-electron chi connectivity index (χ4n) is 3.82. The smallest absolute Gasteiger partial charge is 0.325 e. The number of hydrogen-bond donors (Lipinski definition) is 0. The van der Waals surface area contributed by atoms with Crippen LogP contribution in [0.5, 0.6) is 11.5 Å². The topological polar surface area (TPSA) is 90.7 Å². The summed E-state index contributed by atoms with van der Waals surface area (Å²) in [7, 11) is -3.23. The van der Waals surface area contributed by atoms with Crippen molar-refractivity contribution in [3.05, 3.63) is 88.9 Å². The molecule has 1 aliphatic rings. The van der Waals surface area contributed by atoms with Crippen LogP contribution in [0, 0.1) is 11.3 Å². The zero-order chi connectivity index (χ0) is 24.3. The van der Waals surface area contributed by atoms with Gasteiger partial charge in [0.25, 0.3) is 0 Å². The van der Waals surface area contributed by atoms with Crippen molar-refractivity contribution in [1.29, 1.82) is 5.26 Å². The number of anilines is 1. The molecule has 0 N–H and O–H groups in total. The van der Waals surface area contributed by atoms with E-state index in [1.807, 2.05) is 18.2 Å². The maximum absolute atomic E-state index is 13.3.